The minimum Gasteiger partial charge on any atom is -0.489 e. The molecule has 0 radical (unpaired) electrons. The zero-order valence-corrected chi connectivity index (χ0v) is 19.7. The first-order chi connectivity index (χ1) is 17.2. The topological polar surface area (TPSA) is 59.0 Å². The lowest BCUT2D eigenvalue weighted by Gasteiger charge is -2.17. The Kier molecular flexibility index (Phi) is 6.63. The van der Waals surface area contributed by atoms with Crippen LogP contribution < -0.4 is 4.74 Å². The monoisotopic (exact) mass is 478 g/mol. The number of amidine groups is 1. The highest BCUT2D eigenvalue weighted by Crippen LogP contribution is 2.24. The fraction of sp³-hybridized carbons (Fsp3) is 0.0690. The number of ketones is 1. The first-order valence-electron chi connectivity index (χ1n) is 11.2. The van der Waals surface area contributed by atoms with Gasteiger partial charge in [-0.15, -0.1) is 11.3 Å². The molecule has 35 heavy (non-hydrogen) atoms. The minimum atomic E-state index is -0.293. The molecule has 4 aromatic rings. The molecule has 5 rings (SSSR count). The van der Waals surface area contributed by atoms with Crippen LogP contribution in [0.5, 0.6) is 5.75 Å². The fourth-order valence-corrected chi connectivity index (χ4v) is 4.38. The van der Waals surface area contributed by atoms with Gasteiger partial charge < -0.3 is 4.74 Å². The van der Waals surface area contributed by atoms with Crippen LogP contribution in [-0.2, 0) is 11.4 Å². The van der Waals surface area contributed by atoms with Crippen LogP contribution >= 0.6 is 11.3 Å². The molecule has 0 fully saturated rings. The number of amides is 1. The molecule has 1 aliphatic rings. The number of hydrogen-bond acceptors (Lipinski definition) is 5. The molecule has 0 aliphatic carbocycles. The Morgan fingerprint density at radius 3 is 2.29 bits per heavy atom. The van der Waals surface area contributed by atoms with Crippen LogP contribution in [-0.4, -0.2) is 29.0 Å². The Hall–Kier alpha value is -4.29. The van der Waals surface area contributed by atoms with E-state index >= 15 is 0 Å². The summed E-state index contributed by atoms with van der Waals surface area (Å²) in [6.07, 6.45) is 1.74. The van der Waals surface area contributed by atoms with Crippen molar-refractivity contribution in [2.75, 3.05) is 6.54 Å². The molecular formula is C29H22N2O3S. The summed E-state index contributed by atoms with van der Waals surface area (Å²) in [6.45, 7) is 0.425. The third kappa shape index (κ3) is 5.28. The van der Waals surface area contributed by atoms with E-state index < -0.39 is 0 Å². The zero-order valence-electron chi connectivity index (χ0n) is 18.8. The van der Waals surface area contributed by atoms with Gasteiger partial charge in [0.1, 0.15) is 23.9 Å². The molecule has 0 saturated carbocycles. The molecular weight excluding hydrogens is 456 g/mol. The fourth-order valence-electron chi connectivity index (χ4n) is 3.72. The van der Waals surface area contributed by atoms with E-state index in [1.165, 1.54) is 16.2 Å². The number of hydrogen-bond donors (Lipinski definition) is 0. The molecule has 1 amide bonds. The average Bonchev–Trinajstić information content (AvgIpc) is 3.55. The molecule has 0 N–H and O–H groups in total. The molecule has 172 valence electrons. The van der Waals surface area contributed by atoms with Crippen LogP contribution in [0, 0.1) is 0 Å². The maximum Gasteiger partial charge on any atom is 0.278 e. The average molecular weight is 479 g/mol. The van der Waals surface area contributed by atoms with Crippen LogP contribution in [0.25, 0.3) is 6.08 Å². The number of aliphatic imine (C=N–C) groups is 1. The zero-order chi connectivity index (χ0) is 24.0. The van der Waals surface area contributed by atoms with Crippen molar-refractivity contribution < 1.29 is 14.3 Å². The van der Waals surface area contributed by atoms with Crippen molar-refractivity contribution in [2.45, 2.75) is 6.61 Å². The van der Waals surface area contributed by atoms with Crippen LogP contribution in [0.4, 0.5) is 0 Å². The van der Waals surface area contributed by atoms with Crippen molar-refractivity contribution in [2.24, 2.45) is 4.99 Å². The standard InChI is InChI=1S/C29H22N2O3S/c32-26(27-12-7-17-35-27)19-31-28(23-10-5-2-6-11-23)30-25(29(31)33)18-21-13-15-24(16-14-21)34-20-22-8-3-1-4-9-22/h1-18H,19-20H2/b25-18+. The van der Waals surface area contributed by atoms with Crippen LogP contribution in [0.3, 0.4) is 0 Å². The van der Waals surface area contributed by atoms with Gasteiger partial charge in [0, 0.05) is 5.56 Å². The van der Waals surface area contributed by atoms with Crippen molar-refractivity contribution in [3.63, 3.8) is 0 Å². The second kappa shape index (κ2) is 10.3. The predicted octanol–water partition coefficient (Wildman–Crippen LogP) is 5.84. The van der Waals surface area contributed by atoms with Gasteiger partial charge in [0.2, 0.25) is 0 Å². The van der Waals surface area contributed by atoms with E-state index in [1.807, 2.05) is 96.4 Å². The third-order valence-electron chi connectivity index (χ3n) is 5.51. The summed E-state index contributed by atoms with van der Waals surface area (Å²) in [7, 11) is 0. The van der Waals surface area contributed by atoms with Crippen LogP contribution in [0.15, 0.2) is 113 Å². The van der Waals surface area contributed by atoms with Gasteiger partial charge in [0.05, 0.1) is 11.4 Å². The molecule has 3 aromatic carbocycles. The van der Waals surface area contributed by atoms with Gasteiger partial charge in [0.15, 0.2) is 5.78 Å². The Bertz CT molecular complexity index is 1380. The summed E-state index contributed by atoms with van der Waals surface area (Å²) in [5.41, 5.74) is 2.99. The minimum absolute atomic E-state index is 0.0589. The second-order valence-electron chi connectivity index (χ2n) is 7.97. The highest BCUT2D eigenvalue weighted by atomic mass is 32.1. The Labute approximate surface area is 207 Å². The smallest absolute Gasteiger partial charge is 0.278 e. The van der Waals surface area contributed by atoms with Gasteiger partial charge in [-0.3, -0.25) is 14.5 Å². The van der Waals surface area contributed by atoms with Crippen molar-refractivity contribution in [3.05, 3.63) is 130 Å². The summed E-state index contributed by atoms with van der Waals surface area (Å²) in [4.78, 5) is 32.8. The quantitative estimate of drug-likeness (QED) is 0.236. The van der Waals surface area contributed by atoms with E-state index in [1.54, 1.807) is 12.1 Å². The van der Waals surface area contributed by atoms with E-state index in [9.17, 15) is 9.59 Å². The maximum atomic E-state index is 13.3. The van der Waals surface area contributed by atoms with Gasteiger partial charge in [-0.2, -0.15) is 0 Å². The SMILES string of the molecule is O=C(CN1C(=O)/C(=C\c2ccc(OCc3ccccc3)cc2)N=C1c1ccccc1)c1cccs1. The molecule has 0 spiro atoms. The molecule has 1 aliphatic heterocycles. The number of Topliss-reactive ketones (excluding diaryl/α,β-unsaturated/α-hetero) is 1. The molecule has 2 heterocycles. The number of rotatable bonds is 8. The lowest BCUT2D eigenvalue weighted by molar-refractivity contribution is -0.122. The van der Waals surface area contributed by atoms with E-state index in [0.717, 1.165) is 22.4 Å². The van der Waals surface area contributed by atoms with Gasteiger partial charge in [0.25, 0.3) is 5.91 Å². The Balaban J connectivity index is 1.36. The van der Waals surface area contributed by atoms with Gasteiger partial charge in [-0.25, -0.2) is 4.99 Å². The number of nitrogens with zero attached hydrogens (tertiary/aromatic N) is 2. The Morgan fingerprint density at radius 1 is 0.886 bits per heavy atom. The first-order valence-corrected chi connectivity index (χ1v) is 12.1. The third-order valence-corrected chi connectivity index (χ3v) is 6.42. The summed E-state index contributed by atoms with van der Waals surface area (Å²) < 4.78 is 5.85. The first kappa shape index (κ1) is 22.5. The number of thiophene rings is 1. The molecule has 0 saturated heterocycles. The molecule has 6 heteroatoms. The largest absolute Gasteiger partial charge is 0.489 e. The van der Waals surface area contributed by atoms with Crippen molar-refractivity contribution >= 4 is 34.9 Å². The van der Waals surface area contributed by atoms with Gasteiger partial charge in [-0.05, 0) is 40.8 Å². The lowest BCUT2D eigenvalue weighted by Crippen LogP contribution is -2.37. The highest BCUT2D eigenvalue weighted by molar-refractivity contribution is 7.12. The van der Waals surface area contributed by atoms with Crippen LogP contribution in [0.1, 0.15) is 26.4 Å². The van der Waals surface area contributed by atoms with Crippen molar-refractivity contribution in [1.82, 2.24) is 4.90 Å². The van der Waals surface area contributed by atoms with Gasteiger partial charge >= 0.3 is 0 Å². The summed E-state index contributed by atoms with van der Waals surface area (Å²) in [6, 6.07) is 30.5. The highest BCUT2D eigenvalue weighted by Gasteiger charge is 2.32. The molecule has 5 nitrogen and oxygen atoms in total. The molecule has 1 aromatic heterocycles. The number of carbonyl (C=O) groups is 2. The second-order valence-corrected chi connectivity index (χ2v) is 8.91. The van der Waals surface area contributed by atoms with Crippen molar-refractivity contribution in [1.29, 1.82) is 0 Å². The number of benzene rings is 3. The van der Waals surface area contributed by atoms with E-state index in [-0.39, 0.29) is 18.2 Å². The van der Waals surface area contributed by atoms with E-state index in [4.69, 9.17) is 4.74 Å². The number of ether oxygens (including phenoxy) is 1. The van der Waals surface area contributed by atoms with E-state index in [2.05, 4.69) is 4.99 Å². The molecule has 0 unspecified atom stereocenters. The molecule has 0 bridgehead atoms. The predicted molar refractivity (Wildman–Crippen MR) is 139 cm³/mol. The summed E-state index contributed by atoms with van der Waals surface area (Å²) >= 11 is 1.37. The summed E-state index contributed by atoms with van der Waals surface area (Å²) in [5.74, 6) is 0.816. The lowest BCUT2D eigenvalue weighted by atomic mass is 10.1. The molecule has 0 atom stereocenters. The van der Waals surface area contributed by atoms with Crippen molar-refractivity contribution in [3.8, 4) is 5.75 Å². The van der Waals surface area contributed by atoms with Crippen LogP contribution in [0.2, 0.25) is 0 Å². The van der Waals surface area contributed by atoms with E-state index in [0.29, 0.717) is 23.0 Å². The maximum absolute atomic E-state index is 13.3. The number of carbonyl (C=O) groups excluding carboxylic acids is 2. The summed E-state index contributed by atoms with van der Waals surface area (Å²) in [5, 5.41) is 1.85. The Morgan fingerprint density at radius 2 is 1.60 bits per heavy atom. The van der Waals surface area contributed by atoms with Gasteiger partial charge in [-0.1, -0.05) is 78.9 Å². The normalized spacial score (nSPS) is 14.3.